The molecule has 0 saturated heterocycles. The molecule has 0 spiro atoms. The Kier molecular flexibility index (Phi) is 4.45. The third kappa shape index (κ3) is 3.80. The highest BCUT2D eigenvalue weighted by molar-refractivity contribution is 6.36. The number of hydrogen-bond acceptors (Lipinski definition) is 1. The second-order valence-electron chi connectivity index (χ2n) is 6.06. The van der Waals surface area contributed by atoms with Crippen molar-refractivity contribution in [1.82, 2.24) is 0 Å². The van der Waals surface area contributed by atoms with Crippen LogP contribution in [0.5, 0.6) is 0 Å². The monoisotopic (exact) mass is 285 g/mol. The number of anilines is 1. The van der Waals surface area contributed by atoms with Gasteiger partial charge in [-0.1, -0.05) is 43.5 Å². The number of benzene rings is 1. The van der Waals surface area contributed by atoms with E-state index in [0.29, 0.717) is 21.5 Å². The standard InChI is InChI=1S/C15H21Cl2N/c1-15(2)8-3-4-12(7-9-15)18-14-6-5-11(16)10-13(14)17/h5-6,10,12,18H,3-4,7-9H2,1-2H3. The maximum absolute atomic E-state index is 6.20. The predicted octanol–water partition coefficient (Wildman–Crippen LogP) is 5.76. The van der Waals surface area contributed by atoms with Gasteiger partial charge >= 0.3 is 0 Å². The van der Waals surface area contributed by atoms with E-state index >= 15 is 0 Å². The fourth-order valence-corrected chi connectivity index (χ4v) is 3.10. The largest absolute Gasteiger partial charge is 0.381 e. The van der Waals surface area contributed by atoms with E-state index in [-0.39, 0.29) is 0 Å². The molecule has 1 atom stereocenters. The maximum Gasteiger partial charge on any atom is 0.0652 e. The summed E-state index contributed by atoms with van der Waals surface area (Å²) in [5.41, 5.74) is 1.49. The molecule has 0 bridgehead atoms. The molecular weight excluding hydrogens is 265 g/mol. The smallest absolute Gasteiger partial charge is 0.0652 e. The number of halogens is 2. The normalized spacial score (nSPS) is 23.4. The van der Waals surface area contributed by atoms with E-state index in [2.05, 4.69) is 19.2 Å². The Morgan fingerprint density at radius 1 is 1.17 bits per heavy atom. The minimum Gasteiger partial charge on any atom is -0.381 e. The van der Waals surface area contributed by atoms with Gasteiger partial charge in [-0.2, -0.15) is 0 Å². The zero-order valence-corrected chi connectivity index (χ0v) is 12.6. The Labute approximate surface area is 120 Å². The highest BCUT2D eigenvalue weighted by Crippen LogP contribution is 2.35. The van der Waals surface area contributed by atoms with Crippen molar-refractivity contribution in [1.29, 1.82) is 0 Å². The Morgan fingerprint density at radius 3 is 2.67 bits per heavy atom. The van der Waals surface area contributed by atoms with Gasteiger partial charge in [0.05, 0.1) is 10.7 Å². The summed E-state index contributed by atoms with van der Waals surface area (Å²) >= 11 is 12.1. The zero-order chi connectivity index (χ0) is 13.2. The van der Waals surface area contributed by atoms with Gasteiger partial charge in [0.25, 0.3) is 0 Å². The number of rotatable bonds is 2. The van der Waals surface area contributed by atoms with Crippen LogP contribution < -0.4 is 5.32 Å². The summed E-state index contributed by atoms with van der Waals surface area (Å²) < 4.78 is 0. The van der Waals surface area contributed by atoms with Gasteiger partial charge in [-0.25, -0.2) is 0 Å². The van der Waals surface area contributed by atoms with Crippen LogP contribution in [0.15, 0.2) is 18.2 Å². The Morgan fingerprint density at radius 2 is 1.94 bits per heavy atom. The van der Waals surface area contributed by atoms with E-state index in [9.17, 15) is 0 Å². The van der Waals surface area contributed by atoms with Gasteiger partial charge in [-0.15, -0.1) is 0 Å². The lowest BCUT2D eigenvalue weighted by Gasteiger charge is -2.22. The lowest BCUT2D eigenvalue weighted by molar-refractivity contribution is 0.313. The average Bonchev–Trinajstić information content (AvgIpc) is 2.44. The average molecular weight is 286 g/mol. The van der Waals surface area contributed by atoms with Crippen LogP contribution >= 0.6 is 23.2 Å². The van der Waals surface area contributed by atoms with Gasteiger partial charge in [0, 0.05) is 11.1 Å². The molecule has 100 valence electrons. The van der Waals surface area contributed by atoms with Crippen LogP contribution in [0.25, 0.3) is 0 Å². The molecule has 1 unspecified atom stereocenters. The van der Waals surface area contributed by atoms with Crippen LogP contribution in [0.4, 0.5) is 5.69 Å². The van der Waals surface area contributed by atoms with Gasteiger partial charge in [-0.3, -0.25) is 0 Å². The minimum absolute atomic E-state index is 0.486. The first-order chi connectivity index (χ1) is 8.46. The molecule has 1 aliphatic carbocycles. The molecule has 0 amide bonds. The summed E-state index contributed by atoms with van der Waals surface area (Å²) in [5, 5.41) is 4.96. The Bertz CT molecular complexity index is 415. The van der Waals surface area contributed by atoms with E-state index in [1.807, 2.05) is 12.1 Å². The summed E-state index contributed by atoms with van der Waals surface area (Å²) in [5.74, 6) is 0. The topological polar surface area (TPSA) is 12.0 Å². The highest BCUT2D eigenvalue weighted by Gasteiger charge is 2.24. The molecule has 1 nitrogen and oxygen atoms in total. The summed E-state index contributed by atoms with van der Waals surface area (Å²) in [6.45, 7) is 4.73. The van der Waals surface area contributed by atoms with Crippen molar-refractivity contribution >= 4 is 28.9 Å². The SMILES string of the molecule is CC1(C)CCCC(Nc2ccc(Cl)cc2Cl)CC1. The highest BCUT2D eigenvalue weighted by atomic mass is 35.5. The van der Waals surface area contributed by atoms with Crippen molar-refractivity contribution in [3.05, 3.63) is 28.2 Å². The van der Waals surface area contributed by atoms with Crippen molar-refractivity contribution in [2.75, 3.05) is 5.32 Å². The molecule has 3 heteroatoms. The van der Waals surface area contributed by atoms with E-state index in [0.717, 1.165) is 5.69 Å². The van der Waals surface area contributed by atoms with Crippen molar-refractivity contribution < 1.29 is 0 Å². The summed E-state index contributed by atoms with van der Waals surface area (Å²) in [4.78, 5) is 0. The molecule has 1 N–H and O–H groups in total. The van der Waals surface area contributed by atoms with Crippen LogP contribution in [0, 0.1) is 5.41 Å². The van der Waals surface area contributed by atoms with Crippen molar-refractivity contribution in [2.24, 2.45) is 5.41 Å². The quantitative estimate of drug-likeness (QED) is 0.681. The van der Waals surface area contributed by atoms with Crippen LogP contribution in [0.3, 0.4) is 0 Å². The molecule has 0 aliphatic heterocycles. The molecule has 1 aromatic rings. The first-order valence-electron chi connectivity index (χ1n) is 6.68. The van der Waals surface area contributed by atoms with Gasteiger partial charge in [0.15, 0.2) is 0 Å². The minimum atomic E-state index is 0.486. The summed E-state index contributed by atoms with van der Waals surface area (Å²) in [6.07, 6.45) is 6.32. The third-order valence-corrected chi connectivity index (χ3v) is 4.41. The van der Waals surface area contributed by atoms with Crippen molar-refractivity contribution in [2.45, 2.75) is 52.0 Å². The van der Waals surface area contributed by atoms with E-state index in [1.54, 1.807) is 6.07 Å². The second kappa shape index (κ2) is 5.71. The molecule has 0 aromatic heterocycles. The van der Waals surface area contributed by atoms with E-state index in [4.69, 9.17) is 23.2 Å². The molecule has 2 rings (SSSR count). The van der Waals surface area contributed by atoms with Gasteiger partial charge < -0.3 is 5.32 Å². The van der Waals surface area contributed by atoms with E-state index in [1.165, 1.54) is 32.1 Å². The fraction of sp³-hybridized carbons (Fsp3) is 0.600. The maximum atomic E-state index is 6.20. The van der Waals surface area contributed by atoms with Crippen molar-refractivity contribution in [3.8, 4) is 0 Å². The Balaban J connectivity index is 2.01. The summed E-state index contributed by atoms with van der Waals surface area (Å²) in [7, 11) is 0. The number of hydrogen-bond donors (Lipinski definition) is 1. The molecular formula is C15H21Cl2N. The van der Waals surface area contributed by atoms with Crippen LogP contribution in [-0.4, -0.2) is 6.04 Å². The third-order valence-electron chi connectivity index (χ3n) is 3.87. The molecule has 1 fully saturated rings. The van der Waals surface area contributed by atoms with Crippen molar-refractivity contribution in [3.63, 3.8) is 0 Å². The first-order valence-corrected chi connectivity index (χ1v) is 7.43. The molecule has 0 heterocycles. The van der Waals surface area contributed by atoms with Crippen LogP contribution in [-0.2, 0) is 0 Å². The molecule has 1 aliphatic rings. The lowest BCUT2D eigenvalue weighted by atomic mass is 9.85. The molecule has 1 aromatic carbocycles. The molecule has 1 saturated carbocycles. The Hall–Kier alpha value is -0.400. The molecule has 18 heavy (non-hydrogen) atoms. The number of nitrogens with one attached hydrogen (secondary N) is 1. The van der Waals surface area contributed by atoms with Gasteiger partial charge in [0.1, 0.15) is 0 Å². The van der Waals surface area contributed by atoms with Crippen LogP contribution in [0.1, 0.15) is 46.0 Å². The van der Waals surface area contributed by atoms with Gasteiger partial charge in [0.2, 0.25) is 0 Å². The summed E-state index contributed by atoms with van der Waals surface area (Å²) in [6, 6.07) is 6.19. The first kappa shape index (κ1) is 14.0. The lowest BCUT2D eigenvalue weighted by Crippen LogP contribution is -2.19. The second-order valence-corrected chi connectivity index (χ2v) is 6.90. The van der Waals surface area contributed by atoms with Gasteiger partial charge in [-0.05, 0) is 49.3 Å². The fourth-order valence-electron chi connectivity index (χ4n) is 2.63. The molecule has 0 radical (unpaired) electrons. The van der Waals surface area contributed by atoms with Crippen LogP contribution in [0.2, 0.25) is 10.0 Å². The zero-order valence-electron chi connectivity index (χ0n) is 11.1. The predicted molar refractivity (Wildman–Crippen MR) is 80.7 cm³/mol. The van der Waals surface area contributed by atoms with E-state index < -0.39 is 0 Å².